The van der Waals surface area contributed by atoms with Crippen molar-refractivity contribution in [2.24, 2.45) is 5.92 Å². The first kappa shape index (κ1) is 33.0. The SMILES string of the molecule is CC(C)NC(=O)[C@@H](CCCCNC(=O)OCC1c2ccccc2-c2ccccc21)CC(=O)[C@@H]1CCCN1C(=O)OC(C)(C)C. The average Bonchev–Trinajstić information content (AvgIpc) is 3.58. The molecule has 2 atom stereocenters. The van der Waals surface area contributed by atoms with Gasteiger partial charge in [-0.25, -0.2) is 9.59 Å². The Balaban J connectivity index is 1.24. The molecule has 238 valence electrons. The van der Waals surface area contributed by atoms with Crippen molar-refractivity contribution in [3.8, 4) is 11.1 Å². The fraction of sp³-hybridized carbons (Fsp3) is 0.543. The number of fused-ring (bicyclic) bond motifs is 3. The second-order valence-corrected chi connectivity index (χ2v) is 13.1. The minimum atomic E-state index is -0.652. The molecule has 3 amide bonds. The lowest BCUT2D eigenvalue weighted by molar-refractivity contribution is -0.131. The first-order valence-electron chi connectivity index (χ1n) is 15.9. The third-order valence-electron chi connectivity index (χ3n) is 8.09. The van der Waals surface area contributed by atoms with Gasteiger partial charge in [0.15, 0.2) is 5.78 Å². The van der Waals surface area contributed by atoms with E-state index in [1.54, 1.807) is 20.8 Å². The quantitative estimate of drug-likeness (QED) is 0.279. The summed E-state index contributed by atoms with van der Waals surface area (Å²) >= 11 is 0. The molecule has 0 spiro atoms. The van der Waals surface area contributed by atoms with Crippen molar-refractivity contribution in [3.05, 3.63) is 59.7 Å². The van der Waals surface area contributed by atoms with Crippen LogP contribution in [0.3, 0.4) is 0 Å². The highest BCUT2D eigenvalue weighted by Gasteiger charge is 2.38. The number of nitrogens with one attached hydrogen (secondary N) is 2. The highest BCUT2D eigenvalue weighted by Crippen LogP contribution is 2.44. The molecule has 2 aliphatic rings. The van der Waals surface area contributed by atoms with Crippen LogP contribution in [-0.4, -0.2) is 66.2 Å². The Kier molecular flexibility index (Phi) is 11.1. The molecule has 44 heavy (non-hydrogen) atoms. The van der Waals surface area contributed by atoms with Gasteiger partial charge in [0.25, 0.3) is 0 Å². The van der Waals surface area contributed by atoms with Gasteiger partial charge in [0.05, 0.1) is 6.04 Å². The summed E-state index contributed by atoms with van der Waals surface area (Å²) in [5.41, 5.74) is 4.03. The Labute approximate surface area is 261 Å². The number of hydrogen-bond acceptors (Lipinski definition) is 6. The summed E-state index contributed by atoms with van der Waals surface area (Å²) in [5.74, 6) is -0.800. The zero-order valence-electron chi connectivity index (χ0n) is 26.7. The fourth-order valence-corrected chi connectivity index (χ4v) is 6.10. The Hall–Kier alpha value is -3.88. The molecule has 2 aromatic carbocycles. The van der Waals surface area contributed by atoms with Crippen LogP contribution < -0.4 is 10.6 Å². The number of hydrogen-bond donors (Lipinski definition) is 2. The number of ether oxygens (including phenoxy) is 2. The van der Waals surface area contributed by atoms with E-state index in [4.69, 9.17) is 9.47 Å². The van der Waals surface area contributed by atoms with E-state index in [9.17, 15) is 19.2 Å². The summed E-state index contributed by atoms with van der Waals surface area (Å²) in [6.07, 6.45) is 2.17. The van der Waals surface area contributed by atoms with Crippen LogP contribution in [0.2, 0.25) is 0 Å². The Morgan fingerprint density at radius 2 is 1.59 bits per heavy atom. The molecule has 0 bridgehead atoms. The molecule has 1 heterocycles. The van der Waals surface area contributed by atoms with Crippen molar-refractivity contribution in [1.29, 1.82) is 0 Å². The highest BCUT2D eigenvalue weighted by atomic mass is 16.6. The normalized spacial score (nSPS) is 16.7. The first-order chi connectivity index (χ1) is 20.9. The summed E-state index contributed by atoms with van der Waals surface area (Å²) in [6, 6.07) is 15.8. The van der Waals surface area contributed by atoms with Gasteiger partial charge in [-0.2, -0.15) is 0 Å². The van der Waals surface area contributed by atoms with E-state index in [1.807, 2.05) is 38.1 Å². The summed E-state index contributed by atoms with van der Waals surface area (Å²) in [6.45, 7) is 10.3. The number of Topliss-reactive ketones (excluding diaryl/α,β-unsaturated/α-hetero) is 1. The van der Waals surface area contributed by atoms with Gasteiger partial charge in [0, 0.05) is 37.4 Å². The molecule has 0 aromatic heterocycles. The topological polar surface area (TPSA) is 114 Å². The van der Waals surface area contributed by atoms with E-state index in [1.165, 1.54) is 16.0 Å². The summed E-state index contributed by atoms with van der Waals surface area (Å²) in [5, 5.41) is 5.76. The second-order valence-electron chi connectivity index (χ2n) is 13.1. The smallest absolute Gasteiger partial charge is 0.410 e. The zero-order chi connectivity index (χ0) is 31.9. The van der Waals surface area contributed by atoms with Crippen LogP contribution >= 0.6 is 0 Å². The molecule has 0 unspecified atom stereocenters. The lowest BCUT2D eigenvalue weighted by Crippen LogP contribution is -2.45. The predicted molar refractivity (Wildman–Crippen MR) is 169 cm³/mol. The van der Waals surface area contributed by atoms with Gasteiger partial charge in [-0.3, -0.25) is 14.5 Å². The monoisotopic (exact) mass is 605 g/mol. The largest absolute Gasteiger partial charge is 0.449 e. The molecule has 0 saturated carbocycles. The maximum absolute atomic E-state index is 13.3. The van der Waals surface area contributed by atoms with Crippen molar-refractivity contribution >= 4 is 23.9 Å². The average molecular weight is 606 g/mol. The van der Waals surface area contributed by atoms with Crippen LogP contribution in [0.5, 0.6) is 0 Å². The van der Waals surface area contributed by atoms with Crippen LogP contribution in [0.15, 0.2) is 48.5 Å². The number of amides is 3. The second kappa shape index (κ2) is 14.7. The van der Waals surface area contributed by atoms with Crippen LogP contribution in [-0.2, 0) is 19.1 Å². The predicted octanol–water partition coefficient (Wildman–Crippen LogP) is 6.19. The molecule has 2 N–H and O–H groups in total. The Morgan fingerprint density at radius 1 is 0.955 bits per heavy atom. The van der Waals surface area contributed by atoms with Gasteiger partial charge in [-0.15, -0.1) is 0 Å². The Morgan fingerprint density at radius 3 is 2.20 bits per heavy atom. The fourth-order valence-electron chi connectivity index (χ4n) is 6.10. The third kappa shape index (κ3) is 8.61. The third-order valence-corrected chi connectivity index (χ3v) is 8.09. The molecule has 1 saturated heterocycles. The highest BCUT2D eigenvalue weighted by molar-refractivity contribution is 5.92. The minimum absolute atomic E-state index is 0.00275. The first-order valence-corrected chi connectivity index (χ1v) is 15.9. The van der Waals surface area contributed by atoms with Crippen molar-refractivity contribution in [2.75, 3.05) is 19.7 Å². The zero-order valence-corrected chi connectivity index (χ0v) is 26.7. The van der Waals surface area contributed by atoms with Crippen LogP contribution in [0, 0.1) is 5.92 Å². The lowest BCUT2D eigenvalue weighted by atomic mass is 9.91. The lowest BCUT2D eigenvalue weighted by Gasteiger charge is -2.28. The molecule has 1 aliphatic carbocycles. The van der Waals surface area contributed by atoms with E-state index in [-0.39, 0.29) is 36.7 Å². The molecular formula is C35H47N3O6. The van der Waals surface area contributed by atoms with E-state index in [0.717, 1.165) is 17.5 Å². The molecule has 1 aliphatic heterocycles. The number of benzene rings is 2. The molecule has 2 aromatic rings. The van der Waals surface area contributed by atoms with Crippen molar-refractivity contribution in [3.63, 3.8) is 0 Å². The number of carbonyl (C=O) groups excluding carboxylic acids is 4. The molecular weight excluding hydrogens is 558 g/mol. The van der Waals surface area contributed by atoms with Gasteiger partial charge in [-0.1, -0.05) is 55.0 Å². The molecule has 4 rings (SSSR count). The van der Waals surface area contributed by atoms with Crippen molar-refractivity contribution in [2.45, 2.75) is 96.7 Å². The number of carbonyl (C=O) groups is 4. The molecule has 0 radical (unpaired) electrons. The van der Waals surface area contributed by atoms with Crippen LogP contribution in [0.1, 0.15) is 90.2 Å². The molecule has 9 nitrogen and oxygen atoms in total. The molecule has 1 fully saturated rings. The Bertz CT molecular complexity index is 1290. The van der Waals surface area contributed by atoms with Gasteiger partial charge in [-0.05, 0) is 82.6 Å². The number of rotatable bonds is 12. The standard InChI is InChI=1S/C35H47N3O6/c1-23(2)37-32(40)24(21-31(39)30-18-12-20-38(30)34(42)44-35(3,4)5)13-10-11-19-36-33(41)43-22-29-27-16-8-6-14-25(27)26-15-7-9-17-28(26)29/h6-9,14-17,23-24,29-30H,10-13,18-22H2,1-5H3,(H,36,41)(H,37,40)/t24-,30-/m0/s1. The number of ketones is 1. The van der Waals surface area contributed by atoms with Crippen LogP contribution in [0.25, 0.3) is 11.1 Å². The number of unbranched alkanes of at least 4 members (excludes halogenated alkanes) is 1. The van der Waals surface area contributed by atoms with Gasteiger partial charge in [0.2, 0.25) is 5.91 Å². The maximum atomic E-state index is 13.3. The van der Waals surface area contributed by atoms with Gasteiger partial charge >= 0.3 is 12.2 Å². The molecule has 9 heteroatoms. The van der Waals surface area contributed by atoms with Crippen molar-refractivity contribution in [1.82, 2.24) is 15.5 Å². The summed E-state index contributed by atoms with van der Waals surface area (Å²) < 4.78 is 11.1. The van der Waals surface area contributed by atoms with Gasteiger partial charge < -0.3 is 20.1 Å². The minimum Gasteiger partial charge on any atom is -0.449 e. The number of alkyl carbamates (subject to hydrolysis) is 1. The van der Waals surface area contributed by atoms with Gasteiger partial charge in [0.1, 0.15) is 12.2 Å². The van der Waals surface area contributed by atoms with Crippen LogP contribution in [0.4, 0.5) is 9.59 Å². The van der Waals surface area contributed by atoms with E-state index in [0.29, 0.717) is 38.8 Å². The summed E-state index contributed by atoms with van der Waals surface area (Å²) in [7, 11) is 0. The number of likely N-dealkylation sites (tertiary alicyclic amines) is 1. The summed E-state index contributed by atoms with van der Waals surface area (Å²) in [4.78, 5) is 53.1. The maximum Gasteiger partial charge on any atom is 0.410 e. The van der Waals surface area contributed by atoms with E-state index in [2.05, 4.69) is 34.9 Å². The number of nitrogens with zero attached hydrogens (tertiary/aromatic N) is 1. The van der Waals surface area contributed by atoms with Crippen molar-refractivity contribution < 1.29 is 28.7 Å². The van der Waals surface area contributed by atoms with E-state index >= 15 is 0 Å². The van der Waals surface area contributed by atoms with E-state index < -0.39 is 29.7 Å².